The molecule has 0 aliphatic rings. The molecule has 0 spiro atoms. The van der Waals surface area contributed by atoms with Crippen LogP contribution < -0.4 is 10.5 Å². The molecule has 16 heavy (non-hydrogen) atoms. The molecule has 2 aromatic rings. The lowest BCUT2D eigenvalue weighted by Crippen LogP contribution is -2.00. The van der Waals surface area contributed by atoms with Crippen LogP contribution in [0.2, 0.25) is 0 Å². The molecule has 0 unspecified atom stereocenters. The Morgan fingerprint density at radius 2 is 2.06 bits per heavy atom. The molecule has 84 valence electrons. The van der Waals surface area contributed by atoms with Gasteiger partial charge in [0.1, 0.15) is 5.75 Å². The maximum Gasteiger partial charge on any atom is 0.123 e. The second kappa shape index (κ2) is 4.86. The highest BCUT2D eigenvalue weighted by Crippen LogP contribution is 2.18. The van der Waals surface area contributed by atoms with Gasteiger partial charge in [0.25, 0.3) is 0 Å². The molecular formula is C13H16N2O. The summed E-state index contributed by atoms with van der Waals surface area (Å²) in [5, 5.41) is 0. The molecule has 2 rings (SSSR count). The van der Waals surface area contributed by atoms with Crippen molar-refractivity contribution < 1.29 is 4.74 Å². The van der Waals surface area contributed by atoms with E-state index in [0.29, 0.717) is 6.54 Å². The Kier molecular flexibility index (Phi) is 3.27. The Hall–Kier alpha value is -1.74. The van der Waals surface area contributed by atoms with Gasteiger partial charge in [0.15, 0.2) is 0 Å². The van der Waals surface area contributed by atoms with Crippen LogP contribution in [0.4, 0.5) is 0 Å². The number of benzene rings is 1. The van der Waals surface area contributed by atoms with Crippen molar-refractivity contribution in [1.29, 1.82) is 0 Å². The van der Waals surface area contributed by atoms with E-state index in [4.69, 9.17) is 10.5 Å². The number of nitrogens with two attached hydrogens (primary N) is 1. The second-order valence-electron chi connectivity index (χ2n) is 3.71. The molecule has 0 amide bonds. The van der Waals surface area contributed by atoms with E-state index in [-0.39, 0.29) is 0 Å². The Morgan fingerprint density at radius 1 is 1.25 bits per heavy atom. The van der Waals surface area contributed by atoms with Gasteiger partial charge in [-0.1, -0.05) is 18.2 Å². The zero-order valence-electron chi connectivity index (χ0n) is 9.39. The first-order valence-corrected chi connectivity index (χ1v) is 5.30. The Labute approximate surface area is 95.5 Å². The maximum absolute atomic E-state index is 5.57. The van der Waals surface area contributed by atoms with Crippen LogP contribution in [-0.2, 0) is 13.1 Å². The normalized spacial score (nSPS) is 10.4. The number of rotatable bonds is 4. The number of hydrogen-bond acceptors (Lipinski definition) is 2. The molecule has 1 aromatic heterocycles. The lowest BCUT2D eigenvalue weighted by molar-refractivity contribution is 0.408. The molecule has 0 bridgehead atoms. The van der Waals surface area contributed by atoms with Gasteiger partial charge in [-0.05, 0) is 17.7 Å². The molecule has 0 atom stereocenters. The van der Waals surface area contributed by atoms with E-state index in [1.165, 1.54) is 5.56 Å². The standard InChI is InChI=1S/C13H16N2O/c1-16-13-5-3-2-4-12(13)10-15-7-6-11(8-14)9-15/h2-7,9H,8,10,14H2,1H3. The quantitative estimate of drug-likeness (QED) is 0.849. The third-order valence-electron chi connectivity index (χ3n) is 2.59. The van der Waals surface area contributed by atoms with Gasteiger partial charge in [-0.25, -0.2) is 0 Å². The van der Waals surface area contributed by atoms with Gasteiger partial charge in [0.2, 0.25) is 0 Å². The van der Waals surface area contributed by atoms with Crippen LogP contribution in [0.5, 0.6) is 5.75 Å². The predicted molar refractivity (Wildman–Crippen MR) is 64.4 cm³/mol. The van der Waals surface area contributed by atoms with Crippen molar-refractivity contribution in [2.24, 2.45) is 5.73 Å². The maximum atomic E-state index is 5.57. The van der Waals surface area contributed by atoms with Crippen LogP contribution in [0.1, 0.15) is 11.1 Å². The zero-order chi connectivity index (χ0) is 11.4. The van der Waals surface area contributed by atoms with Gasteiger partial charge in [0.05, 0.1) is 13.7 Å². The van der Waals surface area contributed by atoms with E-state index in [1.54, 1.807) is 7.11 Å². The smallest absolute Gasteiger partial charge is 0.123 e. The third-order valence-corrected chi connectivity index (χ3v) is 2.59. The van der Waals surface area contributed by atoms with Crippen LogP contribution in [-0.4, -0.2) is 11.7 Å². The van der Waals surface area contributed by atoms with Crippen LogP contribution in [0.3, 0.4) is 0 Å². The van der Waals surface area contributed by atoms with Crippen molar-refractivity contribution in [2.45, 2.75) is 13.1 Å². The SMILES string of the molecule is COc1ccccc1Cn1ccc(CN)c1. The van der Waals surface area contributed by atoms with Crippen LogP contribution in [0.25, 0.3) is 0 Å². The van der Waals surface area contributed by atoms with Gasteiger partial charge >= 0.3 is 0 Å². The molecule has 2 N–H and O–H groups in total. The van der Waals surface area contributed by atoms with Gasteiger partial charge in [-0.3, -0.25) is 0 Å². The lowest BCUT2D eigenvalue weighted by atomic mass is 10.2. The number of nitrogens with zero attached hydrogens (tertiary/aromatic N) is 1. The Balaban J connectivity index is 2.19. The van der Waals surface area contributed by atoms with Crippen molar-refractivity contribution in [3.05, 3.63) is 53.9 Å². The topological polar surface area (TPSA) is 40.2 Å². The highest BCUT2D eigenvalue weighted by atomic mass is 16.5. The molecule has 1 aromatic carbocycles. The second-order valence-corrected chi connectivity index (χ2v) is 3.71. The minimum absolute atomic E-state index is 0.582. The number of hydrogen-bond donors (Lipinski definition) is 1. The molecular weight excluding hydrogens is 200 g/mol. The molecule has 0 fully saturated rings. The summed E-state index contributed by atoms with van der Waals surface area (Å²) < 4.78 is 7.42. The third kappa shape index (κ3) is 2.25. The van der Waals surface area contributed by atoms with Crippen molar-refractivity contribution in [1.82, 2.24) is 4.57 Å². The lowest BCUT2D eigenvalue weighted by Gasteiger charge is -2.08. The summed E-state index contributed by atoms with van der Waals surface area (Å²) >= 11 is 0. The van der Waals surface area contributed by atoms with Crippen LogP contribution in [0.15, 0.2) is 42.7 Å². The van der Waals surface area contributed by atoms with Gasteiger partial charge in [-0.15, -0.1) is 0 Å². The molecule has 0 saturated heterocycles. The summed E-state index contributed by atoms with van der Waals surface area (Å²) in [5.74, 6) is 0.922. The first-order chi connectivity index (χ1) is 7.83. The highest BCUT2D eigenvalue weighted by molar-refractivity contribution is 5.33. The van der Waals surface area contributed by atoms with Crippen molar-refractivity contribution in [2.75, 3.05) is 7.11 Å². The summed E-state index contributed by atoms with van der Waals surface area (Å²) in [7, 11) is 1.69. The number of methoxy groups -OCH3 is 1. The summed E-state index contributed by atoms with van der Waals surface area (Å²) in [4.78, 5) is 0. The fourth-order valence-corrected chi connectivity index (χ4v) is 1.74. The van der Waals surface area contributed by atoms with Crippen molar-refractivity contribution in [3.8, 4) is 5.75 Å². The van der Waals surface area contributed by atoms with Gasteiger partial charge in [-0.2, -0.15) is 0 Å². The van der Waals surface area contributed by atoms with E-state index in [0.717, 1.165) is 17.9 Å². The van der Waals surface area contributed by atoms with E-state index in [2.05, 4.69) is 16.8 Å². The molecule has 1 heterocycles. The summed E-state index contributed by atoms with van der Waals surface area (Å²) in [6.45, 7) is 1.39. The van der Waals surface area contributed by atoms with E-state index < -0.39 is 0 Å². The summed E-state index contributed by atoms with van der Waals surface area (Å²) in [5.41, 5.74) is 7.89. The summed E-state index contributed by atoms with van der Waals surface area (Å²) in [6.07, 6.45) is 4.10. The molecule has 0 radical (unpaired) electrons. The van der Waals surface area contributed by atoms with E-state index in [1.807, 2.05) is 30.5 Å². The van der Waals surface area contributed by atoms with E-state index >= 15 is 0 Å². The first kappa shape index (κ1) is 10.8. The fraction of sp³-hybridized carbons (Fsp3) is 0.231. The molecule has 3 heteroatoms. The summed E-state index contributed by atoms with van der Waals surface area (Å²) in [6, 6.07) is 10.1. The zero-order valence-corrected chi connectivity index (χ0v) is 9.39. The first-order valence-electron chi connectivity index (χ1n) is 5.30. The Morgan fingerprint density at radius 3 is 2.75 bits per heavy atom. The number of ether oxygens (including phenoxy) is 1. The van der Waals surface area contributed by atoms with Crippen molar-refractivity contribution >= 4 is 0 Å². The fourth-order valence-electron chi connectivity index (χ4n) is 1.74. The molecule has 0 aliphatic carbocycles. The number of aromatic nitrogens is 1. The monoisotopic (exact) mass is 216 g/mol. The van der Waals surface area contributed by atoms with Gasteiger partial charge in [0, 0.05) is 24.5 Å². The van der Waals surface area contributed by atoms with Crippen molar-refractivity contribution in [3.63, 3.8) is 0 Å². The van der Waals surface area contributed by atoms with E-state index in [9.17, 15) is 0 Å². The minimum Gasteiger partial charge on any atom is -0.496 e. The minimum atomic E-state index is 0.582. The largest absolute Gasteiger partial charge is 0.496 e. The van der Waals surface area contributed by atoms with Gasteiger partial charge < -0.3 is 15.0 Å². The highest BCUT2D eigenvalue weighted by Gasteiger charge is 2.02. The molecule has 3 nitrogen and oxygen atoms in total. The molecule has 0 aliphatic heterocycles. The predicted octanol–water partition coefficient (Wildman–Crippen LogP) is 2.00. The number of para-hydroxylation sites is 1. The Bertz CT molecular complexity index is 462. The average molecular weight is 216 g/mol. The molecule has 0 saturated carbocycles. The van der Waals surface area contributed by atoms with Crippen LogP contribution >= 0.6 is 0 Å². The average Bonchev–Trinajstić information content (AvgIpc) is 2.77. The van der Waals surface area contributed by atoms with Crippen LogP contribution in [0, 0.1) is 0 Å².